The van der Waals surface area contributed by atoms with E-state index in [1.165, 1.54) is 25.7 Å². The van der Waals surface area contributed by atoms with Gasteiger partial charge in [-0.25, -0.2) is 4.79 Å². The summed E-state index contributed by atoms with van der Waals surface area (Å²) in [6.45, 7) is 6.91. The van der Waals surface area contributed by atoms with E-state index in [2.05, 4.69) is 19.2 Å². The van der Waals surface area contributed by atoms with Crippen LogP contribution in [0.3, 0.4) is 0 Å². The molecule has 1 fully saturated rings. The summed E-state index contributed by atoms with van der Waals surface area (Å²) in [7, 11) is 0. The Hall–Kier alpha value is -1.51. The number of carbonyl (C=O) groups excluding carboxylic acids is 1. The third-order valence-electron chi connectivity index (χ3n) is 3.97. The lowest BCUT2D eigenvalue weighted by atomic mass is 9.75. The summed E-state index contributed by atoms with van der Waals surface area (Å²) in [4.78, 5) is 11.6. The third-order valence-corrected chi connectivity index (χ3v) is 3.97. The van der Waals surface area contributed by atoms with Gasteiger partial charge in [0.2, 0.25) is 0 Å². The van der Waals surface area contributed by atoms with E-state index in [9.17, 15) is 4.79 Å². The number of esters is 1. The van der Waals surface area contributed by atoms with E-state index in [4.69, 9.17) is 4.74 Å². The van der Waals surface area contributed by atoms with Crippen LogP contribution in [0.15, 0.2) is 24.3 Å². The quantitative estimate of drug-likeness (QED) is 0.835. The van der Waals surface area contributed by atoms with Gasteiger partial charge in [-0.1, -0.05) is 20.3 Å². The van der Waals surface area contributed by atoms with Crippen LogP contribution in [-0.2, 0) is 4.74 Å². The van der Waals surface area contributed by atoms with Crippen LogP contribution in [0.5, 0.6) is 0 Å². The van der Waals surface area contributed by atoms with Crippen molar-refractivity contribution in [2.45, 2.75) is 52.5 Å². The van der Waals surface area contributed by atoms with Crippen molar-refractivity contribution in [1.82, 2.24) is 0 Å². The number of rotatable bonds is 4. The van der Waals surface area contributed by atoms with Crippen LogP contribution in [-0.4, -0.2) is 18.6 Å². The molecule has 0 heterocycles. The molecule has 1 unspecified atom stereocenters. The van der Waals surface area contributed by atoms with Gasteiger partial charge >= 0.3 is 5.97 Å². The van der Waals surface area contributed by atoms with Gasteiger partial charge in [-0.15, -0.1) is 0 Å². The van der Waals surface area contributed by atoms with Gasteiger partial charge in [0, 0.05) is 11.7 Å². The van der Waals surface area contributed by atoms with Crippen molar-refractivity contribution in [2.75, 3.05) is 11.9 Å². The number of benzene rings is 1. The summed E-state index contributed by atoms with van der Waals surface area (Å²) >= 11 is 0. The predicted octanol–water partition coefficient (Wildman–Crippen LogP) is 4.24. The first kappa shape index (κ1) is 14.9. The zero-order valence-corrected chi connectivity index (χ0v) is 12.7. The number of hydrogen-bond donors (Lipinski definition) is 1. The van der Waals surface area contributed by atoms with Crippen LogP contribution in [0, 0.1) is 5.41 Å². The lowest BCUT2D eigenvalue weighted by Gasteiger charge is -2.36. The molecule has 0 amide bonds. The Labute approximate surface area is 121 Å². The standard InChI is InChI=1S/C17H25NO2/c1-4-20-16(19)13-7-9-14(10-8-13)18-15-6-5-11-17(2,3)12-15/h7-10,15,18H,4-6,11-12H2,1-3H3. The number of nitrogens with one attached hydrogen (secondary N) is 1. The van der Waals surface area contributed by atoms with E-state index < -0.39 is 0 Å². The Balaban J connectivity index is 1.95. The zero-order chi connectivity index (χ0) is 14.6. The summed E-state index contributed by atoms with van der Waals surface area (Å²) in [6.07, 6.45) is 5.02. The first-order chi connectivity index (χ1) is 9.50. The lowest BCUT2D eigenvalue weighted by molar-refractivity contribution is 0.0526. The Morgan fingerprint density at radius 1 is 1.35 bits per heavy atom. The molecule has 1 N–H and O–H groups in total. The lowest BCUT2D eigenvalue weighted by Crippen LogP contribution is -2.31. The van der Waals surface area contributed by atoms with Crippen LogP contribution in [0.2, 0.25) is 0 Å². The first-order valence-corrected chi connectivity index (χ1v) is 7.54. The molecule has 110 valence electrons. The molecule has 1 aromatic carbocycles. The fraction of sp³-hybridized carbons (Fsp3) is 0.588. The molecule has 1 saturated carbocycles. The molecule has 1 aliphatic rings. The molecule has 0 bridgehead atoms. The molecule has 0 aliphatic heterocycles. The Bertz CT molecular complexity index is 451. The monoisotopic (exact) mass is 275 g/mol. The van der Waals surface area contributed by atoms with Gasteiger partial charge < -0.3 is 10.1 Å². The van der Waals surface area contributed by atoms with E-state index in [1.54, 1.807) is 0 Å². The Morgan fingerprint density at radius 3 is 2.65 bits per heavy atom. The molecular weight excluding hydrogens is 250 g/mol. The molecule has 1 aromatic rings. The van der Waals surface area contributed by atoms with Crippen molar-refractivity contribution >= 4 is 11.7 Å². The highest BCUT2D eigenvalue weighted by molar-refractivity contribution is 5.89. The SMILES string of the molecule is CCOC(=O)c1ccc(NC2CCCC(C)(C)C2)cc1. The van der Waals surface area contributed by atoms with Gasteiger partial charge in [0.15, 0.2) is 0 Å². The fourth-order valence-corrected chi connectivity index (χ4v) is 2.97. The van der Waals surface area contributed by atoms with Crippen molar-refractivity contribution in [3.05, 3.63) is 29.8 Å². The molecule has 1 aliphatic carbocycles. The van der Waals surface area contributed by atoms with Gasteiger partial charge in [-0.05, 0) is 55.9 Å². The topological polar surface area (TPSA) is 38.3 Å². The van der Waals surface area contributed by atoms with E-state index in [0.29, 0.717) is 23.6 Å². The second-order valence-electron chi connectivity index (χ2n) is 6.40. The second-order valence-corrected chi connectivity index (χ2v) is 6.40. The van der Waals surface area contributed by atoms with Crippen molar-refractivity contribution in [3.8, 4) is 0 Å². The van der Waals surface area contributed by atoms with Crippen LogP contribution in [0.1, 0.15) is 56.8 Å². The fourth-order valence-electron chi connectivity index (χ4n) is 2.97. The van der Waals surface area contributed by atoms with Gasteiger partial charge in [0.1, 0.15) is 0 Å². The number of hydrogen-bond acceptors (Lipinski definition) is 3. The largest absolute Gasteiger partial charge is 0.462 e. The minimum absolute atomic E-state index is 0.252. The normalized spacial score (nSPS) is 21.2. The molecule has 0 radical (unpaired) electrons. The van der Waals surface area contributed by atoms with E-state index in [0.717, 1.165) is 5.69 Å². The number of anilines is 1. The van der Waals surface area contributed by atoms with Crippen molar-refractivity contribution < 1.29 is 9.53 Å². The smallest absolute Gasteiger partial charge is 0.338 e. The Morgan fingerprint density at radius 2 is 2.05 bits per heavy atom. The maximum Gasteiger partial charge on any atom is 0.338 e. The van der Waals surface area contributed by atoms with Gasteiger partial charge in [0.05, 0.1) is 12.2 Å². The number of carbonyl (C=O) groups is 1. The average Bonchev–Trinajstić information content (AvgIpc) is 2.38. The molecule has 2 rings (SSSR count). The van der Waals surface area contributed by atoms with E-state index in [1.807, 2.05) is 31.2 Å². The second kappa shape index (κ2) is 6.29. The predicted molar refractivity (Wildman–Crippen MR) is 82.1 cm³/mol. The highest BCUT2D eigenvalue weighted by Crippen LogP contribution is 2.36. The summed E-state index contributed by atoms with van der Waals surface area (Å²) < 4.78 is 4.99. The minimum Gasteiger partial charge on any atom is -0.462 e. The van der Waals surface area contributed by atoms with Gasteiger partial charge in [-0.2, -0.15) is 0 Å². The molecule has 0 saturated heterocycles. The third kappa shape index (κ3) is 3.99. The van der Waals surface area contributed by atoms with Gasteiger partial charge in [0.25, 0.3) is 0 Å². The minimum atomic E-state index is -0.252. The molecular formula is C17H25NO2. The first-order valence-electron chi connectivity index (χ1n) is 7.54. The summed E-state index contributed by atoms with van der Waals surface area (Å²) in [5.74, 6) is -0.252. The van der Waals surface area contributed by atoms with Crippen molar-refractivity contribution in [2.24, 2.45) is 5.41 Å². The molecule has 3 heteroatoms. The van der Waals surface area contributed by atoms with Crippen LogP contribution in [0.4, 0.5) is 5.69 Å². The maximum absolute atomic E-state index is 11.6. The van der Waals surface area contributed by atoms with Crippen LogP contribution in [0.25, 0.3) is 0 Å². The number of ether oxygens (including phenoxy) is 1. The highest BCUT2D eigenvalue weighted by Gasteiger charge is 2.27. The van der Waals surface area contributed by atoms with Gasteiger partial charge in [-0.3, -0.25) is 0 Å². The van der Waals surface area contributed by atoms with E-state index >= 15 is 0 Å². The summed E-state index contributed by atoms with van der Waals surface area (Å²) in [6, 6.07) is 8.12. The Kier molecular flexibility index (Phi) is 4.69. The molecule has 0 spiro atoms. The van der Waals surface area contributed by atoms with E-state index in [-0.39, 0.29) is 5.97 Å². The van der Waals surface area contributed by atoms with Crippen LogP contribution >= 0.6 is 0 Å². The molecule has 20 heavy (non-hydrogen) atoms. The zero-order valence-electron chi connectivity index (χ0n) is 12.7. The summed E-state index contributed by atoms with van der Waals surface area (Å²) in [5.41, 5.74) is 2.13. The molecule has 1 atom stereocenters. The molecule has 3 nitrogen and oxygen atoms in total. The average molecular weight is 275 g/mol. The highest BCUT2D eigenvalue weighted by atomic mass is 16.5. The van der Waals surface area contributed by atoms with Crippen molar-refractivity contribution in [1.29, 1.82) is 0 Å². The van der Waals surface area contributed by atoms with Crippen LogP contribution < -0.4 is 5.32 Å². The summed E-state index contributed by atoms with van der Waals surface area (Å²) in [5, 5.41) is 3.58. The molecule has 0 aromatic heterocycles. The maximum atomic E-state index is 11.6. The van der Waals surface area contributed by atoms with Crippen molar-refractivity contribution in [3.63, 3.8) is 0 Å².